The Kier molecular flexibility index (Phi) is 5.55. The molecule has 1 aliphatic heterocycles. The summed E-state index contributed by atoms with van der Waals surface area (Å²) in [6, 6.07) is 6.33. The number of aryl methyl sites for hydroxylation is 1. The van der Waals surface area contributed by atoms with Crippen LogP contribution in [0.3, 0.4) is 0 Å². The second kappa shape index (κ2) is 7.21. The summed E-state index contributed by atoms with van der Waals surface area (Å²) in [6.45, 7) is 3.93. The summed E-state index contributed by atoms with van der Waals surface area (Å²) in [4.78, 5) is 14.1. The van der Waals surface area contributed by atoms with E-state index < -0.39 is 10.0 Å². The van der Waals surface area contributed by atoms with Crippen LogP contribution >= 0.6 is 0 Å². The molecule has 1 aliphatic rings. The quantitative estimate of drug-likeness (QED) is 0.870. The molecule has 2 rings (SSSR count). The second-order valence-electron chi connectivity index (χ2n) is 5.43. The van der Waals surface area contributed by atoms with E-state index in [1.54, 1.807) is 12.1 Å². The summed E-state index contributed by atoms with van der Waals surface area (Å²) in [6.07, 6.45) is 2.02. The molecule has 7 heteroatoms. The number of primary sulfonamides is 1. The lowest BCUT2D eigenvalue weighted by atomic mass is 10.1. The van der Waals surface area contributed by atoms with Crippen LogP contribution in [-0.4, -0.2) is 45.0 Å². The van der Waals surface area contributed by atoms with E-state index in [4.69, 9.17) is 9.88 Å². The van der Waals surface area contributed by atoms with Gasteiger partial charge in [0.05, 0.1) is 17.6 Å². The third-order valence-corrected chi connectivity index (χ3v) is 4.76. The van der Waals surface area contributed by atoms with Gasteiger partial charge in [-0.05, 0) is 30.5 Å². The maximum atomic E-state index is 12.2. The van der Waals surface area contributed by atoms with Crippen molar-refractivity contribution in [1.82, 2.24) is 4.90 Å². The van der Waals surface area contributed by atoms with Crippen molar-refractivity contribution in [3.8, 4) is 0 Å². The molecule has 1 amide bonds. The van der Waals surface area contributed by atoms with Gasteiger partial charge in [0.2, 0.25) is 15.9 Å². The lowest BCUT2D eigenvalue weighted by Gasteiger charge is -2.32. The van der Waals surface area contributed by atoms with Gasteiger partial charge in [0.15, 0.2) is 0 Å². The summed E-state index contributed by atoms with van der Waals surface area (Å²) >= 11 is 0. The summed E-state index contributed by atoms with van der Waals surface area (Å²) < 4.78 is 27.9. The lowest BCUT2D eigenvalue weighted by molar-refractivity contribution is -0.138. The van der Waals surface area contributed by atoms with Crippen molar-refractivity contribution in [1.29, 1.82) is 0 Å². The molecule has 0 spiro atoms. The summed E-state index contributed by atoms with van der Waals surface area (Å²) in [5.41, 5.74) is 0.918. The molecule has 0 radical (unpaired) electrons. The standard InChI is InChI=1S/C15H22N2O4S/c1-2-13-11-17(9-10-21-13)15(18)8-5-12-3-6-14(7-4-12)22(16,19)20/h3-4,6-7,13H,2,5,8-11H2,1H3,(H2,16,19,20)/t13-/m0/s1. The Hall–Kier alpha value is -1.44. The van der Waals surface area contributed by atoms with Crippen LogP contribution in [0.25, 0.3) is 0 Å². The molecule has 1 aromatic rings. The van der Waals surface area contributed by atoms with E-state index in [1.807, 2.05) is 11.8 Å². The van der Waals surface area contributed by atoms with E-state index in [9.17, 15) is 13.2 Å². The number of carbonyl (C=O) groups is 1. The fourth-order valence-electron chi connectivity index (χ4n) is 2.45. The van der Waals surface area contributed by atoms with Crippen molar-refractivity contribution >= 4 is 15.9 Å². The van der Waals surface area contributed by atoms with Crippen LogP contribution in [0, 0.1) is 0 Å². The van der Waals surface area contributed by atoms with Crippen molar-refractivity contribution in [3.63, 3.8) is 0 Å². The zero-order valence-electron chi connectivity index (χ0n) is 12.7. The first-order chi connectivity index (χ1) is 10.4. The molecule has 122 valence electrons. The molecule has 22 heavy (non-hydrogen) atoms. The molecule has 0 bridgehead atoms. The van der Waals surface area contributed by atoms with Gasteiger partial charge in [-0.3, -0.25) is 4.79 Å². The molecule has 0 aromatic heterocycles. The van der Waals surface area contributed by atoms with E-state index in [1.165, 1.54) is 12.1 Å². The largest absolute Gasteiger partial charge is 0.375 e. The first kappa shape index (κ1) is 16.9. The maximum absolute atomic E-state index is 12.2. The summed E-state index contributed by atoms with van der Waals surface area (Å²) in [7, 11) is -3.67. The van der Waals surface area contributed by atoms with Gasteiger partial charge in [0.25, 0.3) is 0 Å². The number of ether oxygens (including phenoxy) is 1. The van der Waals surface area contributed by atoms with Crippen LogP contribution in [0.1, 0.15) is 25.3 Å². The Bertz CT molecular complexity index is 613. The molecular weight excluding hydrogens is 304 g/mol. The number of nitrogens with zero attached hydrogens (tertiary/aromatic N) is 1. The van der Waals surface area contributed by atoms with Gasteiger partial charge in [0.1, 0.15) is 0 Å². The fraction of sp³-hybridized carbons (Fsp3) is 0.533. The molecule has 1 saturated heterocycles. The number of amides is 1. The number of hydrogen-bond acceptors (Lipinski definition) is 4. The predicted octanol–water partition coefficient (Wildman–Crippen LogP) is 0.904. The number of hydrogen-bond donors (Lipinski definition) is 1. The average Bonchev–Trinajstić information content (AvgIpc) is 2.52. The van der Waals surface area contributed by atoms with Crippen LogP contribution in [0.5, 0.6) is 0 Å². The van der Waals surface area contributed by atoms with Gasteiger partial charge >= 0.3 is 0 Å². The number of nitrogens with two attached hydrogens (primary N) is 1. The molecule has 0 aliphatic carbocycles. The molecule has 1 fully saturated rings. The van der Waals surface area contributed by atoms with Crippen molar-refractivity contribution in [2.24, 2.45) is 5.14 Å². The third kappa shape index (κ3) is 4.53. The second-order valence-corrected chi connectivity index (χ2v) is 6.99. The monoisotopic (exact) mass is 326 g/mol. The first-order valence-corrected chi connectivity index (χ1v) is 8.96. The molecule has 2 N–H and O–H groups in total. The number of benzene rings is 1. The fourth-order valence-corrected chi connectivity index (χ4v) is 2.96. The van der Waals surface area contributed by atoms with Crippen molar-refractivity contribution in [3.05, 3.63) is 29.8 Å². The molecule has 0 unspecified atom stereocenters. The molecular formula is C15H22N2O4S. The van der Waals surface area contributed by atoms with Crippen molar-refractivity contribution < 1.29 is 17.9 Å². The highest BCUT2D eigenvalue weighted by Crippen LogP contribution is 2.13. The smallest absolute Gasteiger partial charge is 0.238 e. The van der Waals surface area contributed by atoms with Crippen LogP contribution in [0.4, 0.5) is 0 Å². The van der Waals surface area contributed by atoms with Crippen LogP contribution in [0.15, 0.2) is 29.2 Å². The highest BCUT2D eigenvalue weighted by Gasteiger charge is 2.22. The predicted molar refractivity (Wildman–Crippen MR) is 82.7 cm³/mol. The van der Waals surface area contributed by atoms with Gasteiger partial charge in [0, 0.05) is 19.5 Å². The highest BCUT2D eigenvalue weighted by molar-refractivity contribution is 7.89. The number of morpholine rings is 1. The van der Waals surface area contributed by atoms with E-state index >= 15 is 0 Å². The lowest BCUT2D eigenvalue weighted by Crippen LogP contribution is -2.45. The third-order valence-electron chi connectivity index (χ3n) is 3.83. The number of carbonyl (C=O) groups excluding carboxylic acids is 1. The van der Waals surface area contributed by atoms with Gasteiger partial charge < -0.3 is 9.64 Å². The zero-order valence-corrected chi connectivity index (χ0v) is 13.5. The maximum Gasteiger partial charge on any atom is 0.238 e. The van der Waals surface area contributed by atoms with Crippen LogP contribution in [-0.2, 0) is 26.0 Å². The number of rotatable bonds is 5. The molecule has 6 nitrogen and oxygen atoms in total. The molecule has 1 atom stereocenters. The minimum Gasteiger partial charge on any atom is -0.375 e. The average molecular weight is 326 g/mol. The molecule has 1 heterocycles. The number of sulfonamides is 1. The Balaban J connectivity index is 1.88. The topological polar surface area (TPSA) is 89.7 Å². The van der Waals surface area contributed by atoms with E-state index in [2.05, 4.69) is 0 Å². The minimum absolute atomic E-state index is 0.0848. The summed E-state index contributed by atoms with van der Waals surface area (Å²) in [5.74, 6) is 0.109. The zero-order chi connectivity index (χ0) is 16.2. The van der Waals surface area contributed by atoms with Crippen LogP contribution in [0.2, 0.25) is 0 Å². The van der Waals surface area contributed by atoms with Gasteiger partial charge in [-0.1, -0.05) is 19.1 Å². The van der Waals surface area contributed by atoms with E-state index in [0.717, 1.165) is 12.0 Å². The Morgan fingerprint density at radius 3 is 2.64 bits per heavy atom. The summed E-state index contributed by atoms with van der Waals surface area (Å²) in [5, 5.41) is 5.05. The van der Waals surface area contributed by atoms with Gasteiger partial charge in [-0.15, -0.1) is 0 Å². The van der Waals surface area contributed by atoms with E-state index in [0.29, 0.717) is 32.5 Å². The Morgan fingerprint density at radius 2 is 2.05 bits per heavy atom. The highest BCUT2D eigenvalue weighted by atomic mass is 32.2. The molecule has 0 saturated carbocycles. The first-order valence-electron chi connectivity index (χ1n) is 7.41. The van der Waals surface area contributed by atoms with Crippen LogP contribution < -0.4 is 5.14 Å². The minimum atomic E-state index is -3.67. The molecule has 1 aromatic carbocycles. The van der Waals surface area contributed by atoms with Crippen molar-refractivity contribution in [2.45, 2.75) is 37.2 Å². The SMILES string of the molecule is CC[C@H]1CN(C(=O)CCc2ccc(S(N)(=O)=O)cc2)CCO1. The van der Waals surface area contributed by atoms with E-state index in [-0.39, 0.29) is 16.9 Å². The Morgan fingerprint density at radius 1 is 1.36 bits per heavy atom. The van der Waals surface area contributed by atoms with Gasteiger partial charge in [-0.2, -0.15) is 0 Å². The van der Waals surface area contributed by atoms with Crippen molar-refractivity contribution in [2.75, 3.05) is 19.7 Å². The Labute approximate surface area is 131 Å². The normalized spacial score (nSPS) is 19.2. The van der Waals surface area contributed by atoms with Gasteiger partial charge in [-0.25, -0.2) is 13.6 Å².